The average molecular weight is 212 g/mol. The van der Waals surface area contributed by atoms with E-state index in [-0.39, 0.29) is 6.04 Å². The zero-order valence-corrected chi connectivity index (χ0v) is 9.64. The normalized spacial score (nSPS) is 12.4. The molecule has 2 heteroatoms. The summed E-state index contributed by atoms with van der Waals surface area (Å²) in [6.45, 7) is 4.12. The Bertz CT molecular complexity index is 446. The molecule has 2 nitrogen and oxygen atoms in total. The van der Waals surface area contributed by atoms with Crippen molar-refractivity contribution in [1.29, 1.82) is 0 Å². The van der Waals surface area contributed by atoms with E-state index in [4.69, 9.17) is 5.73 Å². The number of pyridine rings is 1. The summed E-state index contributed by atoms with van der Waals surface area (Å²) >= 11 is 0. The van der Waals surface area contributed by atoms with Crippen molar-refractivity contribution < 1.29 is 0 Å². The van der Waals surface area contributed by atoms with Gasteiger partial charge in [0, 0.05) is 6.20 Å². The minimum absolute atomic E-state index is 0.139. The van der Waals surface area contributed by atoms with Gasteiger partial charge < -0.3 is 5.73 Å². The Balaban J connectivity index is 2.35. The number of rotatable bonds is 2. The number of aromatic nitrogens is 1. The number of benzene rings is 1. The fourth-order valence-corrected chi connectivity index (χ4v) is 1.76. The molecule has 0 aliphatic carbocycles. The lowest BCUT2D eigenvalue weighted by Crippen LogP contribution is -2.13. The molecule has 0 spiro atoms. The Kier molecular flexibility index (Phi) is 3.02. The summed E-state index contributed by atoms with van der Waals surface area (Å²) in [4.78, 5) is 4.32. The van der Waals surface area contributed by atoms with E-state index >= 15 is 0 Å². The highest BCUT2D eigenvalue weighted by atomic mass is 14.8. The first kappa shape index (κ1) is 10.8. The monoisotopic (exact) mass is 212 g/mol. The van der Waals surface area contributed by atoms with Crippen molar-refractivity contribution in [2.45, 2.75) is 19.9 Å². The van der Waals surface area contributed by atoms with Gasteiger partial charge in [-0.15, -0.1) is 0 Å². The van der Waals surface area contributed by atoms with E-state index in [9.17, 15) is 0 Å². The van der Waals surface area contributed by atoms with Crippen LogP contribution < -0.4 is 5.73 Å². The summed E-state index contributed by atoms with van der Waals surface area (Å²) in [5.74, 6) is 0. The van der Waals surface area contributed by atoms with Gasteiger partial charge in [0.1, 0.15) is 0 Å². The molecule has 0 radical (unpaired) electrons. The van der Waals surface area contributed by atoms with Gasteiger partial charge >= 0.3 is 0 Å². The van der Waals surface area contributed by atoms with E-state index in [1.54, 1.807) is 6.20 Å². The van der Waals surface area contributed by atoms with Crippen LogP contribution >= 0.6 is 0 Å². The van der Waals surface area contributed by atoms with Crippen LogP contribution in [0.5, 0.6) is 0 Å². The highest BCUT2D eigenvalue weighted by Crippen LogP contribution is 2.19. The first-order chi connectivity index (χ1) is 7.66. The Morgan fingerprint density at radius 3 is 2.50 bits per heavy atom. The summed E-state index contributed by atoms with van der Waals surface area (Å²) in [7, 11) is 0. The molecule has 0 amide bonds. The lowest BCUT2D eigenvalue weighted by atomic mass is 10.0. The Labute approximate surface area is 96.1 Å². The first-order valence-electron chi connectivity index (χ1n) is 5.41. The second-order valence-corrected chi connectivity index (χ2v) is 4.15. The van der Waals surface area contributed by atoms with Gasteiger partial charge in [0.25, 0.3) is 0 Å². The van der Waals surface area contributed by atoms with Crippen LogP contribution in [0.3, 0.4) is 0 Å². The van der Waals surface area contributed by atoms with Crippen LogP contribution in [0.4, 0.5) is 0 Å². The van der Waals surface area contributed by atoms with Gasteiger partial charge in [-0.1, -0.05) is 29.8 Å². The topological polar surface area (TPSA) is 38.9 Å². The second-order valence-electron chi connectivity index (χ2n) is 4.15. The van der Waals surface area contributed by atoms with Gasteiger partial charge in [-0.2, -0.15) is 0 Å². The minimum Gasteiger partial charge on any atom is -0.319 e. The number of nitrogens with zero attached hydrogens (tertiary/aromatic N) is 1. The largest absolute Gasteiger partial charge is 0.319 e. The minimum atomic E-state index is -0.139. The van der Waals surface area contributed by atoms with Crippen molar-refractivity contribution in [2.75, 3.05) is 0 Å². The molecule has 0 bridgehead atoms. The molecule has 1 heterocycles. The number of hydrogen-bond acceptors (Lipinski definition) is 2. The Morgan fingerprint density at radius 2 is 1.81 bits per heavy atom. The highest BCUT2D eigenvalue weighted by molar-refractivity contribution is 5.31. The molecule has 2 N–H and O–H groups in total. The van der Waals surface area contributed by atoms with Crippen LogP contribution in [0.1, 0.15) is 28.4 Å². The van der Waals surface area contributed by atoms with E-state index < -0.39 is 0 Å². The van der Waals surface area contributed by atoms with Gasteiger partial charge in [0.15, 0.2) is 0 Å². The van der Waals surface area contributed by atoms with E-state index in [0.29, 0.717) is 0 Å². The van der Waals surface area contributed by atoms with Crippen molar-refractivity contribution in [1.82, 2.24) is 4.98 Å². The van der Waals surface area contributed by atoms with Gasteiger partial charge in [-0.3, -0.25) is 4.98 Å². The zero-order valence-electron chi connectivity index (χ0n) is 9.64. The molecule has 0 fully saturated rings. The molecule has 2 rings (SSSR count). The van der Waals surface area contributed by atoms with Crippen LogP contribution in [0, 0.1) is 13.8 Å². The van der Waals surface area contributed by atoms with Crippen LogP contribution in [-0.2, 0) is 0 Å². The molecule has 0 saturated carbocycles. The standard InChI is InChI=1S/C14H16N2/c1-10-4-3-5-12(8-10)14(15)13-9-11(2)6-7-16-13/h3-9,14H,15H2,1-2H3. The molecule has 1 unspecified atom stereocenters. The SMILES string of the molecule is Cc1cccc(C(N)c2cc(C)ccn2)c1. The third kappa shape index (κ3) is 2.28. The average Bonchev–Trinajstić information content (AvgIpc) is 2.28. The van der Waals surface area contributed by atoms with Crippen LogP contribution in [0.25, 0.3) is 0 Å². The number of aryl methyl sites for hydroxylation is 2. The summed E-state index contributed by atoms with van der Waals surface area (Å²) in [6, 6.07) is 12.1. The van der Waals surface area contributed by atoms with Crippen LogP contribution in [0.15, 0.2) is 42.6 Å². The maximum absolute atomic E-state index is 6.19. The fraction of sp³-hybridized carbons (Fsp3) is 0.214. The van der Waals surface area contributed by atoms with Gasteiger partial charge in [0.05, 0.1) is 11.7 Å². The third-order valence-corrected chi connectivity index (χ3v) is 2.66. The summed E-state index contributed by atoms with van der Waals surface area (Å²) in [6.07, 6.45) is 1.81. The maximum Gasteiger partial charge on any atom is 0.0726 e. The van der Waals surface area contributed by atoms with Gasteiger partial charge in [-0.05, 0) is 37.1 Å². The summed E-state index contributed by atoms with van der Waals surface area (Å²) < 4.78 is 0. The fourth-order valence-electron chi connectivity index (χ4n) is 1.76. The van der Waals surface area contributed by atoms with Crippen molar-refractivity contribution in [3.63, 3.8) is 0 Å². The smallest absolute Gasteiger partial charge is 0.0726 e. The molecule has 16 heavy (non-hydrogen) atoms. The molecule has 0 aliphatic heterocycles. The van der Waals surface area contributed by atoms with E-state index in [0.717, 1.165) is 11.3 Å². The van der Waals surface area contributed by atoms with E-state index in [1.165, 1.54) is 11.1 Å². The van der Waals surface area contributed by atoms with Crippen LogP contribution in [-0.4, -0.2) is 4.98 Å². The Morgan fingerprint density at radius 1 is 1.06 bits per heavy atom. The molecule has 1 aromatic heterocycles. The predicted molar refractivity (Wildman–Crippen MR) is 66.2 cm³/mol. The summed E-state index contributed by atoms with van der Waals surface area (Å²) in [5, 5.41) is 0. The Hall–Kier alpha value is -1.67. The molecule has 82 valence electrons. The van der Waals surface area contributed by atoms with E-state index in [1.807, 2.05) is 31.2 Å². The zero-order chi connectivity index (χ0) is 11.5. The number of hydrogen-bond donors (Lipinski definition) is 1. The van der Waals surface area contributed by atoms with Gasteiger partial charge in [-0.25, -0.2) is 0 Å². The quantitative estimate of drug-likeness (QED) is 0.831. The molecule has 2 aromatic rings. The predicted octanol–water partition coefficient (Wildman–Crippen LogP) is 2.75. The van der Waals surface area contributed by atoms with Crippen LogP contribution in [0.2, 0.25) is 0 Å². The molecule has 1 aromatic carbocycles. The molecule has 1 atom stereocenters. The first-order valence-corrected chi connectivity index (χ1v) is 5.41. The second kappa shape index (κ2) is 4.45. The molecule has 0 saturated heterocycles. The van der Waals surface area contributed by atoms with Crippen molar-refractivity contribution in [3.8, 4) is 0 Å². The van der Waals surface area contributed by atoms with Crippen molar-refractivity contribution >= 4 is 0 Å². The van der Waals surface area contributed by atoms with Crippen molar-refractivity contribution in [3.05, 3.63) is 65.0 Å². The van der Waals surface area contributed by atoms with E-state index in [2.05, 4.69) is 24.0 Å². The lowest BCUT2D eigenvalue weighted by Gasteiger charge is -2.12. The van der Waals surface area contributed by atoms with Gasteiger partial charge in [0.2, 0.25) is 0 Å². The third-order valence-electron chi connectivity index (χ3n) is 2.66. The highest BCUT2D eigenvalue weighted by Gasteiger charge is 2.09. The maximum atomic E-state index is 6.19. The summed E-state index contributed by atoms with van der Waals surface area (Å²) in [5.41, 5.74) is 10.6. The molecular formula is C14H16N2. The lowest BCUT2D eigenvalue weighted by molar-refractivity contribution is 0.825. The van der Waals surface area contributed by atoms with Crippen molar-refractivity contribution in [2.24, 2.45) is 5.73 Å². The number of nitrogens with two attached hydrogens (primary N) is 1. The molecular weight excluding hydrogens is 196 g/mol. The molecule has 0 aliphatic rings.